The predicted octanol–water partition coefficient (Wildman–Crippen LogP) is 1.73. The van der Waals surface area contributed by atoms with Gasteiger partial charge >= 0.3 is 0 Å². The van der Waals surface area contributed by atoms with Gasteiger partial charge in [-0.3, -0.25) is 4.57 Å². The third-order valence-electron chi connectivity index (χ3n) is 3.31. The van der Waals surface area contributed by atoms with Crippen LogP contribution in [0.25, 0.3) is 5.69 Å². The summed E-state index contributed by atoms with van der Waals surface area (Å²) in [5.74, 6) is 1.62. The first kappa shape index (κ1) is 10.5. The van der Waals surface area contributed by atoms with E-state index in [1.165, 1.54) is 0 Å². The molecule has 1 aliphatic rings. The first-order chi connectivity index (χ1) is 8.45. The molecule has 2 aromatic rings. The number of hydrogen-bond acceptors (Lipinski definition) is 3. The van der Waals surface area contributed by atoms with E-state index in [1.807, 2.05) is 24.5 Å². The van der Waals surface area contributed by atoms with Crippen molar-refractivity contribution in [2.24, 2.45) is 0 Å². The van der Waals surface area contributed by atoms with Crippen LogP contribution in [-0.4, -0.2) is 27.9 Å². The standard InChI is InChI=1S/C13H16N4/c1-2-4-12(5-3-1)17-10-15-16-13(17)11-6-8-14-9-7-11/h1-5,10-11,14H,6-9H2. The van der Waals surface area contributed by atoms with Gasteiger partial charge in [-0.1, -0.05) is 18.2 Å². The molecule has 3 rings (SSSR count). The highest BCUT2D eigenvalue weighted by atomic mass is 15.3. The molecule has 0 radical (unpaired) electrons. The van der Waals surface area contributed by atoms with Crippen molar-refractivity contribution in [2.75, 3.05) is 13.1 Å². The molecule has 4 heteroatoms. The predicted molar refractivity (Wildman–Crippen MR) is 66.2 cm³/mol. The van der Waals surface area contributed by atoms with Gasteiger partial charge in [-0.2, -0.15) is 0 Å². The van der Waals surface area contributed by atoms with Crippen molar-refractivity contribution in [1.82, 2.24) is 20.1 Å². The molecule has 88 valence electrons. The van der Waals surface area contributed by atoms with Crippen LogP contribution < -0.4 is 5.32 Å². The maximum atomic E-state index is 4.30. The summed E-state index contributed by atoms with van der Waals surface area (Å²) in [6, 6.07) is 10.3. The van der Waals surface area contributed by atoms with E-state index in [0.717, 1.165) is 37.4 Å². The smallest absolute Gasteiger partial charge is 0.140 e. The molecule has 17 heavy (non-hydrogen) atoms. The molecule has 0 saturated carbocycles. The second kappa shape index (κ2) is 4.67. The minimum atomic E-state index is 0.527. The van der Waals surface area contributed by atoms with Gasteiger partial charge in [-0.15, -0.1) is 10.2 Å². The van der Waals surface area contributed by atoms with Gasteiger partial charge in [0.2, 0.25) is 0 Å². The lowest BCUT2D eigenvalue weighted by Crippen LogP contribution is -2.28. The van der Waals surface area contributed by atoms with Gasteiger partial charge in [-0.25, -0.2) is 0 Å². The SMILES string of the molecule is c1ccc(-n2cnnc2C2CCNCC2)cc1. The maximum Gasteiger partial charge on any atom is 0.140 e. The van der Waals surface area contributed by atoms with Gasteiger partial charge < -0.3 is 5.32 Å². The molecule has 1 aromatic heterocycles. The van der Waals surface area contributed by atoms with Crippen LogP contribution >= 0.6 is 0 Å². The number of nitrogens with one attached hydrogen (secondary N) is 1. The lowest BCUT2D eigenvalue weighted by atomic mass is 9.97. The number of aromatic nitrogens is 3. The van der Waals surface area contributed by atoms with Gasteiger partial charge in [0.15, 0.2) is 0 Å². The summed E-state index contributed by atoms with van der Waals surface area (Å²) in [7, 11) is 0. The van der Waals surface area contributed by atoms with Crippen LogP contribution in [0.15, 0.2) is 36.7 Å². The van der Waals surface area contributed by atoms with E-state index in [0.29, 0.717) is 5.92 Å². The zero-order valence-corrected chi connectivity index (χ0v) is 9.71. The Kier molecular flexibility index (Phi) is 2.88. The number of hydrogen-bond donors (Lipinski definition) is 1. The fraction of sp³-hybridized carbons (Fsp3) is 0.385. The molecule has 1 saturated heterocycles. The van der Waals surface area contributed by atoms with Crippen molar-refractivity contribution in [3.05, 3.63) is 42.5 Å². The molecular formula is C13H16N4. The third kappa shape index (κ3) is 2.08. The van der Waals surface area contributed by atoms with Crippen LogP contribution in [0.1, 0.15) is 24.6 Å². The van der Waals surface area contributed by atoms with Crippen molar-refractivity contribution < 1.29 is 0 Å². The Morgan fingerprint density at radius 1 is 1.12 bits per heavy atom. The van der Waals surface area contributed by atoms with Gasteiger partial charge in [0, 0.05) is 11.6 Å². The normalized spacial score (nSPS) is 17.2. The summed E-state index contributed by atoms with van der Waals surface area (Å²) in [6.45, 7) is 2.15. The lowest BCUT2D eigenvalue weighted by Gasteiger charge is -2.22. The fourth-order valence-corrected chi connectivity index (χ4v) is 2.39. The monoisotopic (exact) mass is 228 g/mol. The molecule has 0 atom stereocenters. The fourth-order valence-electron chi connectivity index (χ4n) is 2.39. The van der Waals surface area contributed by atoms with Crippen molar-refractivity contribution in [1.29, 1.82) is 0 Å². The summed E-state index contributed by atoms with van der Waals surface area (Å²) < 4.78 is 2.11. The molecule has 0 spiro atoms. The average molecular weight is 228 g/mol. The van der Waals surface area contributed by atoms with E-state index < -0.39 is 0 Å². The van der Waals surface area contributed by atoms with Crippen LogP contribution in [0.3, 0.4) is 0 Å². The van der Waals surface area contributed by atoms with E-state index in [-0.39, 0.29) is 0 Å². The quantitative estimate of drug-likeness (QED) is 0.851. The van der Waals surface area contributed by atoms with Crippen molar-refractivity contribution in [3.63, 3.8) is 0 Å². The number of benzene rings is 1. The highest BCUT2D eigenvalue weighted by Gasteiger charge is 2.20. The van der Waals surface area contributed by atoms with Crippen molar-refractivity contribution >= 4 is 0 Å². The minimum Gasteiger partial charge on any atom is -0.317 e. The molecule has 2 heterocycles. The first-order valence-electron chi connectivity index (χ1n) is 6.11. The Morgan fingerprint density at radius 3 is 2.65 bits per heavy atom. The Labute approximate surface area is 101 Å². The molecule has 0 bridgehead atoms. The van der Waals surface area contributed by atoms with Gasteiger partial charge in [0.1, 0.15) is 12.2 Å². The second-order valence-corrected chi connectivity index (χ2v) is 4.42. The Bertz CT molecular complexity index is 471. The molecular weight excluding hydrogens is 212 g/mol. The molecule has 1 fully saturated rings. The zero-order chi connectivity index (χ0) is 11.5. The number of para-hydroxylation sites is 1. The minimum absolute atomic E-state index is 0.527. The maximum absolute atomic E-state index is 4.30. The van der Waals surface area contributed by atoms with E-state index in [4.69, 9.17) is 0 Å². The zero-order valence-electron chi connectivity index (χ0n) is 9.71. The summed E-state index contributed by atoms with van der Waals surface area (Å²) in [5.41, 5.74) is 1.14. The summed E-state index contributed by atoms with van der Waals surface area (Å²) in [6.07, 6.45) is 4.10. The first-order valence-corrected chi connectivity index (χ1v) is 6.11. The highest BCUT2D eigenvalue weighted by Crippen LogP contribution is 2.25. The third-order valence-corrected chi connectivity index (χ3v) is 3.31. The van der Waals surface area contributed by atoms with Gasteiger partial charge in [-0.05, 0) is 38.1 Å². The van der Waals surface area contributed by atoms with E-state index in [1.54, 1.807) is 0 Å². The van der Waals surface area contributed by atoms with Crippen LogP contribution in [-0.2, 0) is 0 Å². The van der Waals surface area contributed by atoms with Crippen molar-refractivity contribution in [3.8, 4) is 5.69 Å². The summed E-state index contributed by atoms with van der Waals surface area (Å²) >= 11 is 0. The average Bonchev–Trinajstić information content (AvgIpc) is 2.90. The molecule has 1 aromatic carbocycles. The van der Waals surface area contributed by atoms with Crippen LogP contribution in [0.2, 0.25) is 0 Å². The van der Waals surface area contributed by atoms with Crippen molar-refractivity contribution in [2.45, 2.75) is 18.8 Å². The number of nitrogens with zero attached hydrogens (tertiary/aromatic N) is 3. The Hall–Kier alpha value is -1.68. The molecule has 0 unspecified atom stereocenters. The van der Waals surface area contributed by atoms with Crippen LogP contribution in [0, 0.1) is 0 Å². The second-order valence-electron chi connectivity index (χ2n) is 4.42. The molecule has 4 nitrogen and oxygen atoms in total. The van der Waals surface area contributed by atoms with E-state index in [2.05, 4.69) is 32.2 Å². The molecule has 0 aliphatic carbocycles. The Balaban J connectivity index is 1.93. The largest absolute Gasteiger partial charge is 0.317 e. The Morgan fingerprint density at radius 2 is 1.88 bits per heavy atom. The summed E-state index contributed by atoms with van der Waals surface area (Å²) in [5, 5.41) is 11.7. The summed E-state index contributed by atoms with van der Waals surface area (Å²) in [4.78, 5) is 0. The van der Waals surface area contributed by atoms with E-state index >= 15 is 0 Å². The molecule has 1 aliphatic heterocycles. The number of rotatable bonds is 2. The number of piperidine rings is 1. The highest BCUT2D eigenvalue weighted by molar-refractivity contribution is 5.32. The lowest BCUT2D eigenvalue weighted by molar-refractivity contribution is 0.440. The van der Waals surface area contributed by atoms with Gasteiger partial charge in [0.25, 0.3) is 0 Å². The topological polar surface area (TPSA) is 42.7 Å². The van der Waals surface area contributed by atoms with Crippen LogP contribution in [0.4, 0.5) is 0 Å². The molecule has 1 N–H and O–H groups in total. The van der Waals surface area contributed by atoms with Crippen LogP contribution in [0.5, 0.6) is 0 Å². The van der Waals surface area contributed by atoms with Gasteiger partial charge in [0.05, 0.1) is 0 Å². The molecule has 0 amide bonds. The van der Waals surface area contributed by atoms with E-state index in [9.17, 15) is 0 Å².